The molecule has 0 radical (unpaired) electrons. The van der Waals surface area contributed by atoms with Crippen molar-refractivity contribution in [2.75, 3.05) is 24.3 Å². The van der Waals surface area contributed by atoms with Gasteiger partial charge in [-0.3, -0.25) is 4.79 Å². The van der Waals surface area contributed by atoms with Gasteiger partial charge < -0.3 is 25.6 Å². The Bertz CT molecular complexity index is 1680. The van der Waals surface area contributed by atoms with E-state index < -0.39 is 5.97 Å². The third-order valence-electron chi connectivity index (χ3n) is 7.61. The molecule has 47 heavy (non-hydrogen) atoms. The van der Waals surface area contributed by atoms with E-state index in [0.29, 0.717) is 45.5 Å². The number of rotatable bonds is 7. The smallest absolute Gasteiger partial charge is 0.341 e. The van der Waals surface area contributed by atoms with Gasteiger partial charge in [0.15, 0.2) is 0 Å². The second-order valence-corrected chi connectivity index (χ2v) is 13.0. The number of amides is 1. The molecule has 0 saturated carbocycles. The summed E-state index contributed by atoms with van der Waals surface area (Å²) in [6.45, 7) is 4.34. The topological polar surface area (TPSA) is 145 Å². The van der Waals surface area contributed by atoms with Crippen LogP contribution in [0.2, 0.25) is 0 Å². The summed E-state index contributed by atoms with van der Waals surface area (Å²) >= 11 is 3.05. The first kappa shape index (κ1) is 35.4. The number of carboxylic acid groups (broad SMARTS) is 1. The quantitative estimate of drug-likeness (QED) is 0.168. The van der Waals surface area contributed by atoms with Gasteiger partial charge in [-0.2, -0.15) is 0 Å². The molecule has 4 N–H and O–H groups in total. The van der Waals surface area contributed by atoms with Crippen LogP contribution in [0, 0.1) is 0 Å². The van der Waals surface area contributed by atoms with Gasteiger partial charge in [0.05, 0.1) is 29.9 Å². The number of esters is 2. The lowest BCUT2D eigenvalue weighted by atomic mass is 9.95. The average molecular weight is 677 g/mol. The molecule has 4 aromatic rings. The number of anilines is 2. The number of aryl methyl sites for hydroxylation is 2. The van der Waals surface area contributed by atoms with Gasteiger partial charge in [0.25, 0.3) is 5.91 Å². The van der Waals surface area contributed by atoms with Crippen LogP contribution < -0.4 is 11.1 Å². The third-order valence-corrected chi connectivity index (χ3v) is 9.94. The lowest BCUT2D eigenvalue weighted by molar-refractivity contribution is 0.0517. The molecule has 11 heteroatoms. The number of nitrogens with two attached hydrogens (primary N) is 1. The van der Waals surface area contributed by atoms with Crippen molar-refractivity contribution < 1.29 is 33.8 Å². The number of aromatic carboxylic acids is 1. The minimum Gasteiger partial charge on any atom is -0.478 e. The Morgan fingerprint density at radius 1 is 0.702 bits per heavy atom. The van der Waals surface area contributed by atoms with E-state index in [9.17, 15) is 19.2 Å². The first-order valence-corrected chi connectivity index (χ1v) is 17.4. The van der Waals surface area contributed by atoms with Crippen molar-refractivity contribution in [1.82, 2.24) is 0 Å². The van der Waals surface area contributed by atoms with Gasteiger partial charge in [-0.15, -0.1) is 22.7 Å². The van der Waals surface area contributed by atoms with Gasteiger partial charge in [0, 0.05) is 15.3 Å². The predicted octanol–water partition coefficient (Wildman–Crippen LogP) is 7.83. The summed E-state index contributed by atoms with van der Waals surface area (Å²) < 4.78 is 10.2. The summed E-state index contributed by atoms with van der Waals surface area (Å²) in [6, 6.07) is 17.3. The molecule has 2 aromatic carbocycles. The molecular formula is C36H40N2O7S2. The number of carbonyl (C=O) groups is 4. The van der Waals surface area contributed by atoms with E-state index in [4.69, 9.17) is 20.3 Å². The zero-order valence-corrected chi connectivity index (χ0v) is 28.3. The monoisotopic (exact) mass is 676 g/mol. The Balaban J connectivity index is 0.000000178. The highest BCUT2D eigenvalue weighted by molar-refractivity contribution is 7.17. The number of carbonyl (C=O) groups excluding carboxylic acids is 3. The Kier molecular flexibility index (Phi) is 13.1. The van der Waals surface area contributed by atoms with Crippen molar-refractivity contribution in [3.63, 3.8) is 0 Å². The molecule has 9 nitrogen and oxygen atoms in total. The van der Waals surface area contributed by atoms with Gasteiger partial charge in [0.2, 0.25) is 0 Å². The molecule has 0 aliphatic heterocycles. The van der Waals surface area contributed by atoms with Crippen molar-refractivity contribution in [2.24, 2.45) is 0 Å². The number of ether oxygens (including phenoxy) is 2. The molecular weight excluding hydrogens is 637 g/mol. The summed E-state index contributed by atoms with van der Waals surface area (Å²) in [4.78, 5) is 49.1. The Morgan fingerprint density at radius 2 is 1.17 bits per heavy atom. The number of thiophene rings is 2. The molecule has 6 rings (SSSR count). The number of hydrogen-bond acceptors (Lipinski definition) is 9. The zero-order chi connectivity index (χ0) is 33.8. The van der Waals surface area contributed by atoms with E-state index in [0.717, 1.165) is 56.1 Å². The van der Waals surface area contributed by atoms with E-state index in [-0.39, 0.29) is 17.8 Å². The maximum Gasteiger partial charge on any atom is 0.341 e. The van der Waals surface area contributed by atoms with Crippen LogP contribution >= 0.6 is 22.7 Å². The number of nitrogen functional groups attached to an aromatic ring is 1. The predicted molar refractivity (Wildman–Crippen MR) is 186 cm³/mol. The summed E-state index contributed by atoms with van der Waals surface area (Å²) in [5.74, 6) is -1.67. The number of fused-ring (bicyclic) bond motifs is 2. The van der Waals surface area contributed by atoms with Gasteiger partial charge >= 0.3 is 17.9 Å². The van der Waals surface area contributed by atoms with Crippen molar-refractivity contribution in [3.8, 4) is 0 Å². The van der Waals surface area contributed by atoms with Crippen LogP contribution in [-0.4, -0.2) is 42.1 Å². The fourth-order valence-corrected chi connectivity index (χ4v) is 7.85. The maximum atomic E-state index is 12.4. The van der Waals surface area contributed by atoms with Crippen LogP contribution in [0.3, 0.4) is 0 Å². The molecule has 0 bridgehead atoms. The molecule has 1 amide bonds. The number of hydrogen-bond donors (Lipinski definition) is 3. The van der Waals surface area contributed by atoms with E-state index in [2.05, 4.69) is 5.32 Å². The van der Waals surface area contributed by atoms with Gasteiger partial charge in [-0.05, 0) is 101 Å². The van der Waals surface area contributed by atoms with E-state index in [1.165, 1.54) is 27.5 Å². The van der Waals surface area contributed by atoms with Crippen molar-refractivity contribution in [1.29, 1.82) is 0 Å². The van der Waals surface area contributed by atoms with Crippen LogP contribution in [0.1, 0.15) is 102 Å². The molecule has 0 atom stereocenters. The first-order valence-electron chi connectivity index (χ1n) is 15.8. The Labute approximate surface area is 282 Å². The highest BCUT2D eigenvalue weighted by atomic mass is 32.1. The van der Waals surface area contributed by atoms with Crippen LogP contribution in [0.25, 0.3) is 0 Å². The SMILES string of the molecule is CCOC(=O)c1c(N)sc2c1CCCC2.CCOC(=O)c1c(NC(=O)c2ccccc2)sc2c1CCCC2.O=C(O)c1ccccc1. The Hall–Kier alpha value is -4.48. The van der Waals surface area contributed by atoms with Gasteiger partial charge in [-0.25, -0.2) is 14.4 Å². The number of nitrogens with one attached hydrogen (secondary N) is 1. The van der Waals surface area contributed by atoms with Crippen molar-refractivity contribution in [3.05, 3.63) is 104 Å². The lowest BCUT2D eigenvalue weighted by Crippen LogP contribution is -2.15. The summed E-state index contributed by atoms with van der Waals surface area (Å²) in [5, 5.41) is 12.5. The molecule has 2 aliphatic carbocycles. The fraction of sp³-hybridized carbons (Fsp3) is 0.333. The second-order valence-electron chi connectivity index (χ2n) is 10.8. The maximum absolute atomic E-state index is 12.4. The lowest BCUT2D eigenvalue weighted by Gasteiger charge is -2.12. The minimum absolute atomic E-state index is 0.199. The largest absolute Gasteiger partial charge is 0.478 e. The highest BCUT2D eigenvalue weighted by Crippen LogP contribution is 2.39. The van der Waals surface area contributed by atoms with Gasteiger partial charge in [0.1, 0.15) is 10.0 Å². The minimum atomic E-state index is -0.879. The number of benzene rings is 2. The fourth-order valence-electron chi connectivity index (χ4n) is 5.43. The summed E-state index contributed by atoms with van der Waals surface area (Å²) in [6.07, 6.45) is 8.42. The van der Waals surface area contributed by atoms with Crippen molar-refractivity contribution in [2.45, 2.75) is 65.2 Å². The van der Waals surface area contributed by atoms with Gasteiger partial charge in [-0.1, -0.05) is 36.4 Å². The Morgan fingerprint density at radius 3 is 1.68 bits per heavy atom. The van der Waals surface area contributed by atoms with E-state index in [1.807, 2.05) is 25.1 Å². The van der Waals surface area contributed by atoms with E-state index >= 15 is 0 Å². The molecule has 0 fully saturated rings. The van der Waals surface area contributed by atoms with E-state index in [1.54, 1.807) is 60.7 Å². The zero-order valence-electron chi connectivity index (χ0n) is 26.6. The normalized spacial score (nSPS) is 12.9. The molecule has 0 unspecified atom stereocenters. The second kappa shape index (κ2) is 17.4. The molecule has 2 aromatic heterocycles. The van der Waals surface area contributed by atoms with Crippen LogP contribution in [0.5, 0.6) is 0 Å². The van der Waals surface area contributed by atoms with Crippen LogP contribution in [-0.2, 0) is 35.2 Å². The molecule has 0 saturated heterocycles. The number of carboxylic acids is 1. The molecule has 0 spiro atoms. The standard InChI is InChI=1S/C18H19NO3S.C11H15NO2S.C7H6O2/c1-2-22-18(21)15-13-10-6-7-11-14(13)23-17(15)19-16(20)12-8-4-3-5-9-12;1-2-14-11(13)9-7-5-3-4-6-8(7)15-10(9)12;8-7(9)6-4-2-1-3-5-6/h3-5,8-9H,2,6-7,10-11H2,1H3,(H,19,20);2-6,12H2,1H3;1-5H,(H,8,9). The molecule has 248 valence electrons. The average Bonchev–Trinajstić information content (AvgIpc) is 3.62. The van der Waals surface area contributed by atoms with Crippen molar-refractivity contribution >= 4 is 56.5 Å². The van der Waals surface area contributed by atoms with Crippen LogP contribution in [0.4, 0.5) is 10.0 Å². The molecule has 2 aliphatic rings. The highest BCUT2D eigenvalue weighted by Gasteiger charge is 2.27. The van der Waals surface area contributed by atoms with Crippen LogP contribution in [0.15, 0.2) is 60.7 Å². The molecule has 2 heterocycles. The third kappa shape index (κ3) is 9.30. The first-order chi connectivity index (χ1) is 22.7. The summed E-state index contributed by atoms with van der Waals surface area (Å²) in [5.41, 5.74) is 10.2. The summed E-state index contributed by atoms with van der Waals surface area (Å²) in [7, 11) is 0.